The number of benzene rings is 5. The van der Waals surface area contributed by atoms with Crippen LogP contribution in [0.2, 0.25) is 0 Å². The van der Waals surface area contributed by atoms with E-state index in [-0.39, 0.29) is 21.1 Å². The second-order valence-corrected chi connectivity index (χ2v) is 10.8. The van der Waals surface area contributed by atoms with Crippen LogP contribution < -0.4 is 0 Å². The largest absolute Gasteiger partial charge is 2.00 e. The summed E-state index contributed by atoms with van der Waals surface area (Å²) in [5.41, 5.74) is 12.3. The molecule has 1 aliphatic carbocycles. The van der Waals surface area contributed by atoms with Crippen LogP contribution in [0.15, 0.2) is 158 Å². The molecule has 0 N–H and O–H groups in total. The minimum Gasteiger partial charge on any atom is -0.305 e. The Hall–Kier alpha value is -4.91. The van der Waals surface area contributed by atoms with Crippen molar-refractivity contribution in [1.29, 1.82) is 0 Å². The molecule has 2 aromatic heterocycles. The van der Waals surface area contributed by atoms with Gasteiger partial charge >= 0.3 is 21.1 Å². The third-order valence-electron chi connectivity index (χ3n) is 8.41. The Kier molecular flexibility index (Phi) is 7.38. The van der Waals surface area contributed by atoms with Crippen LogP contribution in [0.1, 0.15) is 22.3 Å². The Morgan fingerprint density at radius 1 is 0.432 bits per heavy atom. The van der Waals surface area contributed by atoms with E-state index in [1.54, 1.807) is 0 Å². The molecule has 1 aliphatic rings. The molecule has 0 amide bonds. The van der Waals surface area contributed by atoms with Gasteiger partial charge in [-0.3, -0.25) is 0 Å². The first-order valence-electron chi connectivity index (χ1n) is 14.5. The maximum atomic E-state index is 4.74. The Morgan fingerprint density at radius 2 is 1.00 bits per heavy atom. The zero-order valence-corrected chi connectivity index (χ0v) is 26.0. The summed E-state index contributed by atoms with van der Waals surface area (Å²) in [4.78, 5) is 9.40. The maximum Gasteiger partial charge on any atom is 2.00 e. The Morgan fingerprint density at radius 3 is 1.64 bits per heavy atom. The molecule has 7 aromatic rings. The van der Waals surface area contributed by atoms with Crippen LogP contribution in [0.4, 0.5) is 0 Å². The van der Waals surface area contributed by atoms with E-state index >= 15 is 0 Å². The predicted octanol–water partition coefficient (Wildman–Crippen LogP) is 9.44. The van der Waals surface area contributed by atoms with Crippen LogP contribution in [-0.4, -0.2) is 9.97 Å². The first-order valence-corrected chi connectivity index (χ1v) is 14.5. The van der Waals surface area contributed by atoms with Crippen molar-refractivity contribution in [2.45, 2.75) is 5.41 Å². The molecule has 0 bridgehead atoms. The van der Waals surface area contributed by atoms with Gasteiger partial charge in [0.05, 0.1) is 0 Å². The molecule has 0 spiro atoms. The summed E-state index contributed by atoms with van der Waals surface area (Å²) < 4.78 is 0. The van der Waals surface area contributed by atoms with Crippen molar-refractivity contribution in [3.63, 3.8) is 0 Å². The van der Waals surface area contributed by atoms with Crippen LogP contribution in [0.25, 0.3) is 44.8 Å². The minimum atomic E-state index is -0.660. The topological polar surface area (TPSA) is 25.8 Å². The third-order valence-corrected chi connectivity index (χ3v) is 8.41. The number of pyridine rings is 2. The van der Waals surface area contributed by atoms with Gasteiger partial charge in [0.1, 0.15) is 0 Å². The monoisotopic (exact) mass is 741 g/mol. The zero-order chi connectivity index (χ0) is 28.6. The number of rotatable bonds is 5. The summed E-state index contributed by atoms with van der Waals surface area (Å²) in [6.45, 7) is 0. The van der Waals surface area contributed by atoms with Crippen molar-refractivity contribution in [3.05, 3.63) is 192 Å². The van der Waals surface area contributed by atoms with Crippen molar-refractivity contribution >= 4 is 0 Å². The second kappa shape index (κ2) is 11.6. The molecule has 0 aliphatic heterocycles. The molecule has 5 aromatic carbocycles. The molecule has 3 heteroatoms. The maximum absolute atomic E-state index is 4.74. The Balaban J connectivity index is 0.00000312. The molecule has 0 atom stereocenters. The van der Waals surface area contributed by atoms with E-state index in [0.29, 0.717) is 0 Å². The molecule has 0 saturated heterocycles. The van der Waals surface area contributed by atoms with Crippen LogP contribution in [0.3, 0.4) is 0 Å². The number of fused-ring (bicyclic) bond motifs is 3. The molecule has 44 heavy (non-hydrogen) atoms. The van der Waals surface area contributed by atoms with Gasteiger partial charge in [0.15, 0.2) is 0 Å². The van der Waals surface area contributed by atoms with Gasteiger partial charge in [0, 0.05) is 17.8 Å². The molecule has 210 valence electrons. The molecular formula is C41H26N2Pt. The molecule has 0 saturated carbocycles. The predicted molar refractivity (Wildman–Crippen MR) is 173 cm³/mol. The van der Waals surface area contributed by atoms with Crippen molar-refractivity contribution in [2.75, 3.05) is 0 Å². The molecule has 8 rings (SSSR count). The van der Waals surface area contributed by atoms with E-state index in [4.69, 9.17) is 4.98 Å². The van der Waals surface area contributed by atoms with Crippen molar-refractivity contribution in [3.8, 4) is 44.8 Å². The molecule has 0 radical (unpaired) electrons. The van der Waals surface area contributed by atoms with E-state index < -0.39 is 5.41 Å². The third kappa shape index (κ3) is 4.55. The summed E-state index contributed by atoms with van der Waals surface area (Å²) >= 11 is 0. The number of hydrogen-bond acceptors (Lipinski definition) is 2. The zero-order valence-electron chi connectivity index (χ0n) is 23.7. The van der Waals surface area contributed by atoms with Gasteiger partial charge in [-0.2, -0.15) is 0 Å². The van der Waals surface area contributed by atoms with E-state index in [1.165, 1.54) is 22.3 Å². The van der Waals surface area contributed by atoms with Gasteiger partial charge in [0.25, 0.3) is 0 Å². The van der Waals surface area contributed by atoms with Crippen LogP contribution in [0, 0.1) is 12.1 Å². The van der Waals surface area contributed by atoms with Crippen LogP contribution in [-0.2, 0) is 26.5 Å². The molecule has 2 nitrogen and oxygen atoms in total. The first kappa shape index (κ1) is 27.9. The van der Waals surface area contributed by atoms with Crippen molar-refractivity contribution in [2.24, 2.45) is 0 Å². The number of aromatic nitrogens is 2. The second-order valence-electron chi connectivity index (χ2n) is 10.8. The summed E-state index contributed by atoms with van der Waals surface area (Å²) in [5, 5.41) is 0. The summed E-state index contributed by atoms with van der Waals surface area (Å²) in [5.74, 6) is 0. The smallest absolute Gasteiger partial charge is 0.305 e. The fourth-order valence-corrected chi connectivity index (χ4v) is 6.55. The minimum absolute atomic E-state index is 0. The van der Waals surface area contributed by atoms with Crippen molar-refractivity contribution < 1.29 is 21.1 Å². The SMILES string of the molecule is [Pt+2].[c-]1c(-c2ccccn2)cccc1C1(c2[c-]c(-c3ccccn3)cc(-c3ccccc3)c2)c2ccccc2-c2ccccc21. The van der Waals surface area contributed by atoms with Gasteiger partial charge < -0.3 is 9.97 Å². The molecular weight excluding hydrogens is 716 g/mol. The van der Waals surface area contributed by atoms with E-state index in [0.717, 1.165) is 44.8 Å². The average molecular weight is 742 g/mol. The first-order chi connectivity index (χ1) is 21.3. The van der Waals surface area contributed by atoms with Crippen LogP contribution >= 0.6 is 0 Å². The Labute approximate surface area is 272 Å². The average Bonchev–Trinajstić information content (AvgIpc) is 3.40. The molecule has 0 unspecified atom stereocenters. The summed E-state index contributed by atoms with van der Waals surface area (Å²) in [7, 11) is 0. The van der Waals surface area contributed by atoms with Gasteiger partial charge in [-0.25, -0.2) is 0 Å². The Bertz CT molecular complexity index is 1970. The summed E-state index contributed by atoms with van der Waals surface area (Å²) in [6, 6.07) is 58.8. The van der Waals surface area contributed by atoms with Crippen LogP contribution in [0.5, 0.6) is 0 Å². The van der Waals surface area contributed by atoms with Gasteiger partial charge in [0.2, 0.25) is 0 Å². The van der Waals surface area contributed by atoms with Gasteiger partial charge in [-0.05, 0) is 51.3 Å². The quantitative estimate of drug-likeness (QED) is 0.164. The number of hydrogen-bond donors (Lipinski definition) is 0. The van der Waals surface area contributed by atoms with Crippen molar-refractivity contribution in [1.82, 2.24) is 9.97 Å². The fourth-order valence-electron chi connectivity index (χ4n) is 6.55. The van der Waals surface area contributed by atoms with E-state index in [1.807, 2.05) is 42.7 Å². The summed E-state index contributed by atoms with van der Waals surface area (Å²) in [6.07, 6.45) is 3.68. The van der Waals surface area contributed by atoms with Gasteiger partial charge in [-0.1, -0.05) is 103 Å². The number of nitrogens with zero attached hydrogens (tertiary/aromatic N) is 2. The van der Waals surface area contributed by atoms with E-state index in [2.05, 4.69) is 132 Å². The molecule has 0 fully saturated rings. The van der Waals surface area contributed by atoms with Gasteiger partial charge in [-0.15, -0.1) is 70.3 Å². The van der Waals surface area contributed by atoms with E-state index in [9.17, 15) is 0 Å². The fraction of sp³-hybridized carbons (Fsp3) is 0.0244. The normalized spacial score (nSPS) is 12.5. The standard InChI is InChI=1S/C41H26N2.Pt/c1-2-13-29(14-3-1)31-25-32(40-22-9-11-24-43-40)28-34(27-31)41(33-16-12-15-30(26-33)39-21-8-10-23-42-39)37-19-6-4-17-35(37)36-18-5-7-20-38(36)41;/h1-25,27H;/q-2;+2. The molecule has 2 heterocycles.